The molecule has 0 spiro atoms. The SMILES string of the molecule is CCNc1nc(-c2cccc(Cl)c2)ncc1Br. The molecule has 0 aliphatic heterocycles. The van der Waals surface area contributed by atoms with Crippen LogP contribution in [0.1, 0.15) is 6.92 Å². The topological polar surface area (TPSA) is 37.8 Å². The van der Waals surface area contributed by atoms with E-state index in [0.29, 0.717) is 10.8 Å². The van der Waals surface area contributed by atoms with Crippen LogP contribution in [-0.4, -0.2) is 16.5 Å². The van der Waals surface area contributed by atoms with Crippen molar-refractivity contribution in [3.8, 4) is 11.4 Å². The molecule has 0 amide bonds. The zero-order chi connectivity index (χ0) is 12.3. The van der Waals surface area contributed by atoms with Crippen molar-refractivity contribution in [2.24, 2.45) is 0 Å². The van der Waals surface area contributed by atoms with Crippen LogP contribution in [0.15, 0.2) is 34.9 Å². The van der Waals surface area contributed by atoms with Gasteiger partial charge in [-0.2, -0.15) is 0 Å². The van der Waals surface area contributed by atoms with Crippen molar-refractivity contribution in [1.82, 2.24) is 9.97 Å². The van der Waals surface area contributed by atoms with Crippen molar-refractivity contribution in [1.29, 1.82) is 0 Å². The molecule has 0 saturated heterocycles. The smallest absolute Gasteiger partial charge is 0.161 e. The Hall–Kier alpha value is -1.13. The van der Waals surface area contributed by atoms with E-state index in [9.17, 15) is 0 Å². The number of anilines is 1. The van der Waals surface area contributed by atoms with Gasteiger partial charge in [-0.1, -0.05) is 23.7 Å². The van der Waals surface area contributed by atoms with E-state index in [-0.39, 0.29) is 0 Å². The van der Waals surface area contributed by atoms with Crippen LogP contribution in [-0.2, 0) is 0 Å². The fourth-order valence-corrected chi connectivity index (χ4v) is 1.95. The molecule has 0 unspecified atom stereocenters. The molecule has 0 aliphatic rings. The minimum Gasteiger partial charge on any atom is -0.369 e. The predicted molar refractivity (Wildman–Crippen MR) is 74.3 cm³/mol. The molecule has 1 N–H and O–H groups in total. The Balaban J connectivity index is 2.42. The molecular formula is C12H11BrClN3. The van der Waals surface area contributed by atoms with Crippen molar-refractivity contribution in [3.05, 3.63) is 40.0 Å². The zero-order valence-electron chi connectivity index (χ0n) is 9.24. The van der Waals surface area contributed by atoms with Crippen molar-refractivity contribution in [2.45, 2.75) is 6.92 Å². The highest BCUT2D eigenvalue weighted by atomic mass is 79.9. The van der Waals surface area contributed by atoms with E-state index in [4.69, 9.17) is 11.6 Å². The molecule has 0 radical (unpaired) electrons. The number of benzene rings is 1. The third-order valence-electron chi connectivity index (χ3n) is 2.17. The molecule has 5 heteroatoms. The summed E-state index contributed by atoms with van der Waals surface area (Å²) in [7, 11) is 0. The standard InChI is InChI=1S/C12H11BrClN3/c1-2-15-12-10(13)7-16-11(17-12)8-4-3-5-9(14)6-8/h3-7H,2H2,1H3,(H,15,16,17). The second-order valence-corrected chi connectivity index (χ2v) is 4.72. The van der Waals surface area contributed by atoms with E-state index < -0.39 is 0 Å². The first kappa shape index (κ1) is 12.3. The van der Waals surface area contributed by atoms with E-state index >= 15 is 0 Å². The third-order valence-corrected chi connectivity index (χ3v) is 2.99. The Morgan fingerprint density at radius 1 is 1.41 bits per heavy atom. The van der Waals surface area contributed by atoms with Crippen molar-refractivity contribution < 1.29 is 0 Å². The third kappa shape index (κ3) is 2.96. The molecule has 3 nitrogen and oxygen atoms in total. The summed E-state index contributed by atoms with van der Waals surface area (Å²) < 4.78 is 0.852. The van der Waals surface area contributed by atoms with Gasteiger partial charge in [-0.05, 0) is 35.0 Å². The summed E-state index contributed by atoms with van der Waals surface area (Å²) in [5.41, 5.74) is 0.907. The lowest BCUT2D eigenvalue weighted by molar-refractivity contribution is 1.10. The van der Waals surface area contributed by atoms with Crippen molar-refractivity contribution in [2.75, 3.05) is 11.9 Å². The summed E-state index contributed by atoms with van der Waals surface area (Å²) in [5, 5.41) is 3.85. The largest absolute Gasteiger partial charge is 0.369 e. The van der Waals surface area contributed by atoms with E-state index in [0.717, 1.165) is 22.4 Å². The highest BCUT2D eigenvalue weighted by Gasteiger charge is 2.06. The van der Waals surface area contributed by atoms with E-state index in [1.54, 1.807) is 6.20 Å². The number of aromatic nitrogens is 2. The zero-order valence-corrected chi connectivity index (χ0v) is 11.6. The maximum absolute atomic E-state index is 5.95. The number of hydrogen-bond acceptors (Lipinski definition) is 3. The van der Waals surface area contributed by atoms with Crippen LogP contribution in [0.25, 0.3) is 11.4 Å². The Morgan fingerprint density at radius 3 is 2.94 bits per heavy atom. The molecule has 1 aromatic heterocycles. The Kier molecular flexibility index (Phi) is 3.97. The fourth-order valence-electron chi connectivity index (χ4n) is 1.43. The summed E-state index contributed by atoms with van der Waals surface area (Å²) in [5.74, 6) is 1.45. The van der Waals surface area contributed by atoms with Gasteiger partial charge >= 0.3 is 0 Å². The Morgan fingerprint density at radius 2 is 2.24 bits per heavy atom. The van der Waals surface area contributed by atoms with Gasteiger partial charge in [0, 0.05) is 23.3 Å². The summed E-state index contributed by atoms with van der Waals surface area (Å²) in [4.78, 5) is 8.72. The molecule has 0 bridgehead atoms. The number of nitrogens with zero attached hydrogens (tertiary/aromatic N) is 2. The molecule has 17 heavy (non-hydrogen) atoms. The van der Waals surface area contributed by atoms with E-state index in [2.05, 4.69) is 31.2 Å². The normalized spacial score (nSPS) is 10.3. The molecule has 0 aliphatic carbocycles. The van der Waals surface area contributed by atoms with Crippen LogP contribution < -0.4 is 5.32 Å². The average Bonchev–Trinajstić information content (AvgIpc) is 2.32. The lowest BCUT2D eigenvalue weighted by Crippen LogP contribution is -2.02. The second-order valence-electron chi connectivity index (χ2n) is 3.43. The maximum Gasteiger partial charge on any atom is 0.161 e. The van der Waals surface area contributed by atoms with Crippen LogP contribution in [0.3, 0.4) is 0 Å². The van der Waals surface area contributed by atoms with Gasteiger partial charge in [0.15, 0.2) is 5.82 Å². The summed E-state index contributed by atoms with van der Waals surface area (Å²) in [6, 6.07) is 7.50. The van der Waals surface area contributed by atoms with Crippen LogP contribution in [0, 0.1) is 0 Å². The van der Waals surface area contributed by atoms with Gasteiger partial charge in [0.25, 0.3) is 0 Å². The first-order chi connectivity index (χ1) is 8.20. The number of nitrogens with one attached hydrogen (secondary N) is 1. The number of halogens is 2. The Labute approximate surface area is 113 Å². The molecule has 88 valence electrons. The molecule has 1 heterocycles. The molecule has 0 saturated carbocycles. The van der Waals surface area contributed by atoms with Gasteiger partial charge in [-0.3, -0.25) is 0 Å². The molecular weight excluding hydrogens is 302 g/mol. The molecule has 0 fully saturated rings. The van der Waals surface area contributed by atoms with Crippen LogP contribution >= 0.6 is 27.5 Å². The number of rotatable bonds is 3. The lowest BCUT2D eigenvalue weighted by Gasteiger charge is -2.07. The van der Waals surface area contributed by atoms with Gasteiger partial charge < -0.3 is 5.32 Å². The van der Waals surface area contributed by atoms with E-state index in [1.807, 2.05) is 31.2 Å². The minimum atomic E-state index is 0.659. The van der Waals surface area contributed by atoms with Crippen LogP contribution in [0.4, 0.5) is 5.82 Å². The molecule has 0 atom stereocenters. The van der Waals surface area contributed by atoms with Crippen molar-refractivity contribution in [3.63, 3.8) is 0 Å². The van der Waals surface area contributed by atoms with Crippen LogP contribution in [0.5, 0.6) is 0 Å². The second kappa shape index (κ2) is 5.47. The Bertz CT molecular complexity index is 531. The van der Waals surface area contributed by atoms with Gasteiger partial charge in [0.2, 0.25) is 0 Å². The van der Waals surface area contributed by atoms with Crippen LogP contribution in [0.2, 0.25) is 5.02 Å². The predicted octanol–water partition coefficient (Wildman–Crippen LogP) is 3.99. The summed E-state index contributed by atoms with van der Waals surface area (Å²) in [6.45, 7) is 2.83. The van der Waals surface area contributed by atoms with Gasteiger partial charge in [0.1, 0.15) is 5.82 Å². The van der Waals surface area contributed by atoms with Gasteiger partial charge in [-0.15, -0.1) is 0 Å². The molecule has 2 rings (SSSR count). The minimum absolute atomic E-state index is 0.659. The fraction of sp³-hybridized carbons (Fsp3) is 0.167. The highest BCUT2D eigenvalue weighted by molar-refractivity contribution is 9.10. The lowest BCUT2D eigenvalue weighted by atomic mass is 10.2. The summed E-state index contributed by atoms with van der Waals surface area (Å²) in [6.07, 6.45) is 1.74. The number of hydrogen-bond donors (Lipinski definition) is 1. The van der Waals surface area contributed by atoms with Gasteiger partial charge in [0.05, 0.1) is 4.47 Å². The first-order valence-electron chi connectivity index (χ1n) is 5.23. The summed E-state index contributed by atoms with van der Waals surface area (Å²) >= 11 is 9.35. The first-order valence-corrected chi connectivity index (χ1v) is 6.40. The monoisotopic (exact) mass is 311 g/mol. The average molecular weight is 313 g/mol. The van der Waals surface area contributed by atoms with Crippen molar-refractivity contribution >= 4 is 33.3 Å². The molecule has 2 aromatic rings. The van der Waals surface area contributed by atoms with Gasteiger partial charge in [-0.25, -0.2) is 9.97 Å². The van der Waals surface area contributed by atoms with E-state index in [1.165, 1.54) is 0 Å². The maximum atomic E-state index is 5.95. The quantitative estimate of drug-likeness (QED) is 0.931. The highest BCUT2D eigenvalue weighted by Crippen LogP contribution is 2.24. The molecule has 1 aromatic carbocycles.